The fourth-order valence-corrected chi connectivity index (χ4v) is 3.50. The van der Waals surface area contributed by atoms with Crippen LogP contribution in [0.1, 0.15) is 28.9 Å². The molecule has 0 atom stereocenters. The van der Waals surface area contributed by atoms with Crippen molar-refractivity contribution in [3.05, 3.63) is 39.8 Å². The maximum Gasteiger partial charge on any atom is 0.195 e. The number of aromatic nitrogens is 1. The normalized spacial score (nSPS) is 11.5. The third kappa shape index (κ3) is 7.56. The summed E-state index contributed by atoms with van der Waals surface area (Å²) in [6.07, 6.45) is 1.77. The van der Waals surface area contributed by atoms with Crippen molar-refractivity contribution in [2.24, 2.45) is 4.99 Å². The number of nitrogens with zero attached hydrogens (tertiary/aromatic N) is 2. The summed E-state index contributed by atoms with van der Waals surface area (Å²) in [6.45, 7) is 9.02. The molecule has 0 aliphatic carbocycles. The van der Waals surface area contributed by atoms with Crippen LogP contribution < -0.4 is 15.4 Å². The summed E-state index contributed by atoms with van der Waals surface area (Å²) in [7, 11) is 1.70. The second-order valence-electron chi connectivity index (χ2n) is 6.10. The second-order valence-corrected chi connectivity index (χ2v) is 7.39. The van der Waals surface area contributed by atoms with Gasteiger partial charge in [-0.15, -0.1) is 11.3 Å². The highest BCUT2D eigenvalue weighted by Crippen LogP contribution is 2.19. The van der Waals surface area contributed by atoms with Crippen LogP contribution in [0.3, 0.4) is 0 Å². The number of nitrogens with one attached hydrogen (secondary N) is 2. The average molecular weight is 391 g/mol. The van der Waals surface area contributed by atoms with Gasteiger partial charge in [0.25, 0.3) is 0 Å². The van der Waals surface area contributed by atoms with Crippen molar-refractivity contribution in [2.75, 3.05) is 38.7 Å². The maximum absolute atomic E-state index is 5.76. The van der Waals surface area contributed by atoms with E-state index in [0.29, 0.717) is 19.8 Å². The molecule has 1 aromatic heterocycles. The van der Waals surface area contributed by atoms with Crippen LogP contribution in [0.5, 0.6) is 5.75 Å². The van der Waals surface area contributed by atoms with Gasteiger partial charge in [0.1, 0.15) is 5.75 Å². The van der Waals surface area contributed by atoms with Crippen LogP contribution in [0.4, 0.5) is 5.69 Å². The Morgan fingerprint density at radius 1 is 1.26 bits per heavy atom. The summed E-state index contributed by atoms with van der Waals surface area (Å²) in [4.78, 5) is 10.5. The van der Waals surface area contributed by atoms with E-state index in [0.717, 1.165) is 47.5 Å². The summed E-state index contributed by atoms with van der Waals surface area (Å²) >= 11 is 1.75. The van der Waals surface area contributed by atoms with E-state index in [1.807, 2.05) is 31.2 Å². The second kappa shape index (κ2) is 11.6. The van der Waals surface area contributed by atoms with Crippen LogP contribution in [0, 0.1) is 13.8 Å². The van der Waals surface area contributed by atoms with Gasteiger partial charge in [-0.3, -0.25) is 4.99 Å². The van der Waals surface area contributed by atoms with Gasteiger partial charge in [-0.1, -0.05) is 6.07 Å². The van der Waals surface area contributed by atoms with Crippen LogP contribution in [0.15, 0.2) is 29.3 Å². The standard InChI is InChI=1S/C20H30N4O2S/c1-5-21-20(22-11-10-19-15(2)23-16(3)27-19)24-17-8-6-9-18(14-17)26-13-7-12-25-4/h6,8-9,14H,5,7,10-13H2,1-4H3,(H2,21,22,24). The van der Waals surface area contributed by atoms with E-state index in [4.69, 9.17) is 9.47 Å². The van der Waals surface area contributed by atoms with E-state index in [1.54, 1.807) is 18.4 Å². The highest BCUT2D eigenvalue weighted by atomic mass is 32.1. The van der Waals surface area contributed by atoms with Crippen molar-refractivity contribution >= 4 is 23.0 Å². The van der Waals surface area contributed by atoms with E-state index in [-0.39, 0.29) is 0 Å². The molecule has 1 aromatic carbocycles. The number of hydrogen-bond acceptors (Lipinski definition) is 5. The minimum atomic E-state index is 0.638. The molecule has 0 bridgehead atoms. The summed E-state index contributed by atoms with van der Waals surface area (Å²) in [5.74, 6) is 1.61. The predicted molar refractivity (Wildman–Crippen MR) is 113 cm³/mol. The minimum Gasteiger partial charge on any atom is -0.493 e. The van der Waals surface area contributed by atoms with Crippen LogP contribution >= 0.6 is 11.3 Å². The van der Waals surface area contributed by atoms with Crippen molar-refractivity contribution in [2.45, 2.75) is 33.6 Å². The molecule has 0 saturated carbocycles. The molecule has 2 N–H and O–H groups in total. The largest absolute Gasteiger partial charge is 0.493 e. The first-order chi connectivity index (χ1) is 13.1. The SMILES string of the molecule is CCNC(=NCCc1sc(C)nc1C)Nc1cccc(OCCCOC)c1. The molecule has 0 fully saturated rings. The van der Waals surface area contributed by atoms with E-state index in [9.17, 15) is 0 Å². The number of rotatable bonds is 10. The van der Waals surface area contributed by atoms with E-state index < -0.39 is 0 Å². The molecule has 27 heavy (non-hydrogen) atoms. The lowest BCUT2D eigenvalue weighted by Gasteiger charge is -2.13. The number of thiazole rings is 1. The zero-order chi connectivity index (χ0) is 19.5. The lowest BCUT2D eigenvalue weighted by atomic mass is 10.3. The Morgan fingerprint density at radius 3 is 2.81 bits per heavy atom. The Hall–Kier alpha value is -2.12. The molecule has 1 heterocycles. The molecule has 0 amide bonds. The zero-order valence-corrected chi connectivity index (χ0v) is 17.5. The van der Waals surface area contributed by atoms with Crippen molar-refractivity contribution in [3.63, 3.8) is 0 Å². The summed E-state index contributed by atoms with van der Waals surface area (Å²) < 4.78 is 10.8. The number of guanidine groups is 1. The van der Waals surface area contributed by atoms with Gasteiger partial charge >= 0.3 is 0 Å². The molecule has 0 spiro atoms. The number of anilines is 1. The van der Waals surface area contributed by atoms with Gasteiger partial charge in [-0.2, -0.15) is 0 Å². The Kier molecular flexibility index (Phi) is 9.07. The minimum absolute atomic E-state index is 0.638. The van der Waals surface area contributed by atoms with Gasteiger partial charge in [0.05, 0.1) is 17.3 Å². The molecule has 2 rings (SSSR count). The fourth-order valence-electron chi connectivity index (χ4n) is 2.58. The van der Waals surface area contributed by atoms with E-state index >= 15 is 0 Å². The molecule has 2 aromatic rings. The third-order valence-corrected chi connectivity index (χ3v) is 4.94. The number of aryl methyl sites for hydroxylation is 2. The Morgan fingerprint density at radius 2 is 2.11 bits per heavy atom. The van der Waals surface area contributed by atoms with Gasteiger partial charge in [0.15, 0.2) is 5.96 Å². The summed E-state index contributed by atoms with van der Waals surface area (Å²) in [5.41, 5.74) is 2.06. The smallest absolute Gasteiger partial charge is 0.195 e. The van der Waals surface area contributed by atoms with Crippen LogP contribution in [-0.4, -0.2) is 44.4 Å². The van der Waals surface area contributed by atoms with Gasteiger partial charge in [0.2, 0.25) is 0 Å². The lowest BCUT2D eigenvalue weighted by Crippen LogP contribution is -2.30. The average Bonchev–Trinajstić information content (AvgIpc) is 2.96. The number of benzene rings is 1. The summed E-state index contributed by atoms with van der Waals surface area (Å²) in [5, 5.41) is 7.75. The fraction of sp³-hybridized carbons (Fsp3) is 0.500. The number of methoxy groups -OCH3 is 1. The van der Waals surface area contributed by atoms with Crippen LogP contribution in [0.2, 0.25) is 0 Å². The van der Waals surface area contributed by atoms with E-state index in [2.05, 4.69) is 34.5 Å². The van der Waals surface area contributed by atoms with Crippen molar-refractivity contribution in [1.29, 1.82) is 0 Å². The molecule has 0 saturated heterocycles. The van der Waals surface area contributed by atoms with Gasteiger partial charge in [-0.05, 0) is 32.9 Å². The number of ether oxygens (including phenoxy) is 2. The zero-order valence-electron chi connectivity index (χ0n) is 16.7. The first-order valence-corrected chi connectivity index (χ1v) is 10.1. The van der Waals surface area contributed by atoms with Gasteiger partial charge in [-0.25, -0.2) is 4.98 Å². The van der Waals surface area contributed by atoms with Gasteiger partial charge in [0, 0.05) is 56.3 Å². The lowest BCUT2D eigenvalue weighted by molar-refractivity contribution is 0.172. The maximum atomic E-state index is 5.76. The van der Waals surface area contributed by atoms with Crippen LogP contribution in [-0.2, 0) is 11.2 Å². The number of hydrogen-bond donors (Lipinski definition) is 2. The molecular weight excluding hydrogens is 360 g/mol. The Labute approximate surface area is 166 Å². The van der Waals surface area contributed by atoms with Crippen LogP contribution in [0.25, 0.3) is 0 Å². The van der Waals surface area contributed by atoms with Crippen molar-refractivity contribution in [1.82, 2.24) is 10.3 Å². The molecular formula is C20H30N4O2S. The highest BCUT2D eigenvalue weighted by molar-refractivity contribution is 7.11. The molecule has 0 unspecified atom stereocenters. The Balaban J connectivity index is 1.93. The summed E-state index contributed by atoms with van der Waals surface area (Å²) in [6, 6.07) is 7.92. The Bertz CT molecular complexity index is 731. The molecule has 0 aliphatic rings. The predicted octanol–water partition coefficient (Wildman–Crippen LogP) is 3.80. The third-order valence-electron chi connectivity index (χ3n) is 3.81. The van der Waals surface area contributed by atoms with Crippen molar-refractivity contribution in [3.8, 4) is 5.75 Å². The van der Waals surface area contributed by atoms with Crippen molar-refractivity contribution < 1.29 is 9.47 Å². The van der Waals surface area contributed by atoms with E-state index in [1.165, 1.54) is 4.88 Å². The number of aliphatic imine (C=N–C) groups is 1. The molecule has 148 valence electrons. The molecule has 0 radical (unpaired) electrons. The quantitative estimate of drug-likeness (QED) is 0.367. The topological polar surface area (TPSA) is 67.8 Å². The first kappa shape index (κ1) is 21.2. The van der Waals surface area contributed by atoms with Gasteiger partial charge < -0.3 is 20.1 Å². The first-order valence-electron chi connectivity index (χ1n) is 9.32. The molecule has 7 heteroatoms. The molecule has 6 nitrogen and oxygen atoms in total. The monoisotopic (exact) mass is 390 g/mol. The highest BCUT2D eigenvalue weighted by Gasteiger charge is 2.05. The molecule has 0 aliphatic heterocycles.